The first kappa shape index (κ1) is 33.1. The van der Waals surface area contributed by atoms with Crippen LogP contribution < -0.4 is 0 Å². The van der Waals surface area contributed by atoms with Gasteiger partial charge in [0.25, 0.3) is 0 Å². The van der Waals surface area contributed by atoms with Crippen molar-refractivity contribution >= 4 is 74.4 Å². The van der Waals surface area contributed by atoms with E-state index in [0.29, 0.717) is 47.7 Å². The number of hydrogen-bond acceptors (Lipinski definition) is 11. The van der Waals surface area contributed by atoms with Gasteiger partial charge in [0.1, 0.15) is 18.5 Å². The molecule has 0 saturated carbocycles. The second-order valence-electron chi connectivity index (χ2n) is 8.58. The average molecular weight is 555 g/mol. The predicted molar refractivity (Wildman–Crippen MR) is 146 cm³/mol. The molecule has 0 aliphatic rings. The van der Waals surface area contributed by atoms with Gasteiger partial charge in [-0.1, -0.05) is 44.3 Å². The Labute approximate surface area is 223 Å². The van der Waals surface area contributed by atoms with E-state index in [-0.39, 0.29) is 40.2 Å². The van der Waals surface area contributed by atoms with Gasteiger partial charge in [-0.2, -0.15) is 0 Å². The molecule has 0 N–H and O–H groups in total. The first-order chi connectivity index (χ1) is 15.8. The molecule has 0 saturated heterocycles. The lowest BCUT2D eigenvalue weighted by atomic mass is 9.85. The third-order valence-corrected chi connectivity index (χ3v) is 7.37. The summed E-state index contributed by atoms with van der Waals surface area (Å²) in [5.74, 6) is -0.711. The minimum absolute atomic E-state index is 0.0548. The summed E-state index contributed by atoms with van der Waals surface area (Å²) in [4.78, 5) is 35.7. The van der Waals surface area contributed by atoms with Crippen molar-refractivity contribution in [1.29, 1.82) is 0 Å². The van der Waals surface area contributed by atoms with Gasteiger partial charge in [0.15, 0.2) is 0 Å². The molecule has 0 aromatic carbocycles. The summed E-state index contributed by atoms with van der Waals surface area (Å²) in [6.45, 7) is 13.4. The van der Waals surface area contributed by atoms with Crippen molar-refractivity contribution in [1.82, 2.24) is 0 Å². The lowest BCUT2D eigenvalue weighted by Gasteiger charge is -2.35. The number of thiocarbonyl (C=S) groups is 2. The van der Waals surface area contributed by atoms with E-state index in [9.17, 15) is 14.4 Å². The normalized spacial score (nSPS) is 13.9. The summed E-state index contributed by atoms with van der Waals surface area (Å²) < 4.78 is 22.2. The van der Waals surface area contributed by atoms with Crippen LogP contribution in [0.4, 0.5) is 0 Å². The number of Topliss-reactive ketones (excluding diaryl/α,β-unsaturated/α-hetero) is 1. The summed E-state index contributed by atoms with van der Waals surface area (Å²) >= 11 is 13.1. The first-order valence-corrected chi connectivity index (χ1v) is 13.9. The quantitative estimate of drug-likeness (QED) is 0.201. The molecule has 7 nitrogen and oxygen atoms in total. The fraction of sp³-hybridized carbons (Fsp3) is 0.783. The number of carbonyl (C=O) groups excluding carboxylic acids is 3. The van der Waals surface area contributed by atoms with Gasteiger partial charge in [-0.3, -0.25) is 14.4 Å². The summed E-state index contributed by atoms with van der Waals surface area (Å²) in [5, 5.41) is -0.408. The fourth-order valence-electron chi connectivity index (χ4n) is 2.96. The van der Waals surface area contributed by atoms with Crippen molar-refractivity contribution in [2.24, 2.45) is 5.41 Å². The zero-order valence-electron chi connectivity index (χ0n) is 21.2. The molecule has 3 unspecified atom stereocenters. The topological polar surface area (TPSA) is 88.1 Å². The Bertz CT molecular complexity index is 691. The Morgan fingerprint density at radius 1 is 0.824 bits per heavy atom. The third kappa shape index (κ3) is 15.9. The number of thioether (sulfide) groups is 2. The zero-order chi connectivity index (χ0) is 26.3. The van der Waals surface area contributed by atoms with Gasteiger partial charge in [0, 0.05) is 37.4 Å². The molecule has 0 spiro atoms. The molecule has 0 bridgehead atoms. The van der Waals surface area contributed by atoms with Crippen molar-refractivity contribution in [2.75, 3.05) is 19.8 Å². The van der Waals surface area contributed by atoms with Crippen LogP contribution in [0.25, 0.3) is 0 Å². The molecule has 3 atom stereocenters. The van der Waals surface area contributed by atoms with Crippen LogP contribution in [0.15, 0.2) is 0 Å². The monoisotopic (exact) mass is 554 g/mol. The maximum absolute atomic E-state index is 12.7. The molecule has 11 heteroatoms. The van der Waals surface area contributed by atoms with Crippen molar-refractivity contribution in [3.05, 3.63) is 0 Å². The van der Waals surface area contributed by atoms with Gasteiger partial charge in [-0.25, -0.2) is 0 Å². The van der Waals surface area contributed by atoms with E-state index in [4.69, 9.17) is 43.4 Å². The highest BCUT2D eigenvalue weighted by atomic mass is 32.2. The first-order valence-electron chi connectivity index (χ1n) is 11.3. The molecule has 196 valence electrons. The van der Waals surface area contributed by atoms with Crippen molar-refractivity contribution < 1.29 is 33.3 Å². The Kier molecular flexibility index (Phi) is 17.0. The van der Waals surface area contributed by atoms with Gasteiger partial charge in [-0.15, -0.1) is 0 Å². The van der Waals surface area contributed by atoms with Crippen molar-refractivity contribution in [3.8, 4) is 0 Å². The van der Waals surface area contributed by atoms with Crippen LogP contribution in [0.2, 0.25) is 0 Å². The Balaban J connectivity index is 5.18. The van der Waals surface area contributed by atoms with Crippen LogP contribution >= 0.6 is 48.0 Å². The molecule has 0 amide bonds. The summed E-state index contributed by atoms with van der Waals surface area (Å²) in [6.07, 6.45) is 1.11. The number of ether oxygens (including phenoxy) is 4. The largest absolute Gasteiger partial charge is 0.479 e. The molecule has 0 radical (unpaired) electrons. The molecular formula is C23H38O7S4. The Hall–Kier alpha value is -0.910. The molecule has 0 aliphatic heterocycles. The standard InChI is InChI=1S/C23H38O7S4/c1-8-27-21(31)33-18(14-29-15(3)24)12-10-17(26)11-13-19(34-22(32)28-9-2)20(23(5,6)7)30-16(4)25/h18-20H,8-14H2,1-7H3. The predicted octanol–water partition coefficient (Wildman–Crippen LogP) is 5.50. The maximum atomic E-state index is 12.7. The highest BCUT2D eigenvalue weighted by Gasteiger charge is 2.36. The Morgan fingerprint density at radius 3 is 1.82 bits per heavy atom. The number of esters is 2. The average Bonchev–Trinajstić information content (AvgIpc) is 2.70. The van der Waals surface area contributed by atoms with Crippen LogP contribution in [0, 0.1) is 5.41 Å². The number of ketones is 1. The van der Waals surface area contributed by atoms with Gasteiger partial charge in [0.2, 0.25) is 8.77 Å². The van der Waals surface area contributed by atoms with E-state index in [1.807, 2.05) is 34.6 Å². The van der Waals surface area contributed by atoms with Crippen molar-refractivity contribution in [3.63, 3.8) is 0 Å². The molecular weight excluding hydrogens is 517 g/mol. The smallest absolute Gasteiger partial charge is 0.302 e. The van der Waals surface area contributed by atoms with Gasteiger partial charge in [0.05, 0.1) is 18.5 Å². The molecule has 0 aliphatic carbocycles. The minimum atomic E-state index is -0.447. The number of rotatable bonds is 14. The summed E-state index contributed by atoms with van der Waals surface area (Å²) in [5.41, 5.74) is -0.352. The van der Waals surface area contributed by atoms with E-state index < -0.39 is 6.10 Å². The lowest BCUT2D eigenvalue weighted by molar-refractivity contribution is -0.152. The van der Waals surface area contributed by atoms with E-state index in [1.54, 1.807) is 0 Å². The van der Waals surface area contributed by atoms with Gasteiger partial charge < -0.3 is 18.9 Å². The van der Waals surface area contributed by atoms with E-state index in [1.165, 1.54) is 37.4 Å². The SMILES string of the molecule is CCOC(=S)SC(CCC(=O)CCC(SC(=S)OCC)C(OC(C)=O)C(C)(C)C)COC(C)=O. The minimum Gasteiger partial charge on any atom is -0.479 e. The third-order valence-electron chi connectivity index (χ3n) is 4.44. The number of carbonyl (C=O) groups is 3. The summed E-state index contributed by atoms with van der Waals surface area (Å²) in [7, 11) is 0. The molecule has 0 rings (SSSR count). The molecule has 0 heterocycles. The second kappa shape index (κ2) is 17.5. The van der Waals surface area contributed by atoms with Crippen LogP contribution in [-0.4, -0.2) is 62.9 Å². The highest BCUT2D eigenvalue weighted by Crippen LogP contribution is 2.35. The number of hydrogen-bond donors (Lipinski definition) is 0. The highest BCUT2D eigenvalue weighted by molar-refractivity contribution is 8.23. The van der Waals surface area contributed by atoms with Crippen molar-refractivity contribution in [2.45, 2.75) is 90.8 Å². The zero-order valence-corrected chi connectivity index (χ0v) is 24.4. The van der Waals surface area contributed by atoms with Crippen LogP contribution in [0.5, 0.6) is 0 Å². The van der Waals surface area contributed by atoms with E-state index in [2.05, 4.69) is 0 Å². The second-order valence-corrected chi connectivity index (χ2v) is 12.3. The molecule has 0 aromatic rings. The summed E-state index contributed by atoms with van der Waals surface area (Å²) in [6, 6.07) is 0. The van der Waals surface area contributed by atoms with Gasteiger partial charge in [-0.05, 0) is 51.1 Å². The molecule has 0 fully saturated rings. The lowest BCUT2D eigenvalue weighted by Crippen LogP contribution is -2.40. The van der Waals surface area contributed by atoms with Gasteiger partial charge >= 0.3 is 11.9 Å². The van der Waals surface area contributed by atoms with Crippen LogP contribution in [0.3, 0.4) is 0 Å². The Morgan fingerprint density at radius 2 is 1.35 bits per heavy atom. The van der Waals surface area contributed by atoms with Crippen LogP contribution in [-0.2, 0) is 33.3 Å². The fourth-order valence-corrected chi connectivity index (χ4v) is 6.06. The molecule has 0 aromatic heterocycles. The van der Waals surface area contributed by atoms with E-state index in [0.717, 1.165) is 0 Å². The van der Waals surface area contributed by atoms with E-state index >= 15 is 0 Å². The maximum Gasteiger partial charge on any atom is 0.302 e. The molecule has 34 heavy (non-hydrogen) atoms. The van der Waals surface area contributed by atoms with Crippen LogP contribution in [0.1, 0.15) is 74.1 Å².